The van der Waals surface area contributed by atoms with Crippen molar-refractivity contribution in [2.24, 2.45) is 0 Å². The molecule has 0 radical (unpaired) electrons. The highest BCUT2D eigenvalue weighted by atomic mass is 16.5. The Morgan fingerprint density at radius 3 is 1.74 bits per heavy atom. The van der Waals surface area contributed by atoms with Crippen LogP contribution in [0.25, 0.3) is 21.8 Å². The number of ether oxygens (including phenoxy) is 1. The normalized spacial score (nSPS) is 30.8. The van der Waals surface area contributed by atoms with Gasteiger partial charge in [-0.25, -0.2) is 9.59 Å². The topological polar surface area (TPSA) is 122 Å². The van der Waals surface area contributed by atoms with Gasteiger partial charge in [0.05, 0.1) is 17.2 Å². The number of fused-ring (bicyclic) bond motifs is 6. The van der Waals surface area contributed by atoms with Crippen molar-refractivity contribution in [2.75, 3.05) is 14.0 Å². The van der Waals surface area contributed by atoms with Crippen LogP contribution in [0.4, 0.5) is 0 Å². The molecule has 2 aromatic heterocycles. The fraction of sp³-hybridized carbons (Fsp3) is 0.471. The van der Waals surface area contributed by atoms with Crippen molar-refractivity contribution in [3.8, 4) is 0 Å². The fourth-order valence-electron chi connectivity index (χ4n) is 7.08. The van der Waals surface area contributed by atoms with Crippen molar-refractivity contribution in [3.63, 3.8) is 0 Å². The minimum atomic E-state index is -2.06. The number of nitrogens with one attached hydrogen (secondary N) is 2. The van der Waals surface area contributed by atoms with Crippen LogP contribution in [0.5, 0.6) is 0 Å². The third-order valence-electron chi connectivity index (χ3n) is 9.30. The Balaban J connectivity index is 0.000000140. The number of aromatic amines is 2. The quantitative estimate of drug-likeness (QED) is 0.234. The molecular weight excluding hydrogens is 544 g/mol. The Morgan fingerprint density at radius 2 is 1.23 bits per heavy atom. The third kappa shape index (κ3) is 6.20. The van der Waals surface area contributed by atoms with Crippen LogP contribution in [0.1, 0.15) is 80.3 Å². The maximum Gasteiger partial charge on any atom is 0.340 e. The van der Waals surface area contributed by atoms with Crippen molar-refractivity contribution in [1.82, 2.24) is 19.8 Å². The third-order valence-corrected chi connectivity index (χ3v) is 9.30. The van der Waals surface area contributed by atoms with E-state index in [9.17, 15) is 14.7 Å². The van der Waals surface area contributed by atoms with E-state index < -0.39 is 19.9 Å². The lowest BCUT2D eigenvalue weighted by Crippen LogP contribution is -2.43. The summed E-state index contributed by atoms with van der Waals surface area (Å²) in [7, 11) is 0. The van der Waals surface area contributed by atoms with Crippen molar-refractivity contribution in [2.45, 2.75) is 87.7 Å². The number of aromatic nitrogens is 2. The van der Waals surface area contributed by atoms with Gasteiger partial charge in [-0.05, 0) is 64.6 Å². The molecule has 43 heavy (non-hydrogen) atoms. The summed E-state index contributed by atoms with van der Waals surface area (Å²) in [5.41, 5.74) is 2.62. The largest absolute Gasteiger partial charge is 0.478 e. The van der Waals surface area contributed by atoms with Gasteiger partial charge in [-0.1, -0.05) is 36.4 Å². The number of nitrogens with zero attached hydrogens (tertiary/aromatic N) is 2. The van der Waals surface area contributed by atoms with Gasteiger partial charge >= 0.3 is 11.9 Å². The van der Waals surface area contributed by atoms with Crippen molar-refractivity contribution in [3.05, 3.63) is 72.1 Å². The highest BCUT2D eigenvalue weighted by Gasteiger charge is 2.40. The number of hydrogen-bond donors (Lipinski definition) is 4. The number of esters is 1. The van der Waals surface area contributed by atoms with E-state index >= 15 is 0 Å². The zero-order valence-corrected chi connectivity index (χ0v) is 23.9. The van der Waals surface area contributed by atoms with Crippen LogP contribution < -0.4 is 0 Å². The molecule has 4 aromatic rings. The number of hydrogen-bond acceptors (Lipinski definition) is 6. The van der Waals surface area contributed by atoms with Gasteiger partial charge in [-0.15, -0.1) is 0 Å². The van der Waals surface area contributed by atoms with E-state index in [2.05, 4.69) is 9.97 Å². The summed E-state index contributed by atoms with van der Waals surface area (Å²) in [4.78, 5) is 32.4. The number of aliphatic hydroxyl groups is 1. The lowest BCUT2D eigenvalue weighted by molar-refractivity contribution is -0.000280. The van der Waals surface area contributed by atoms with E-state index in [1.807, 2.05) is 42.5 Å². The van der Waals surface area contributed by atoms with Gasteiger partial charge in [-0.2, -0.15) is 0 Å². The Morgan fingerprint density at radius 1 is 0.767 bits per heavy atom. The predicted molar refractivity (Wildman–Crippen MR) is 166 cm³/mol. The molecule has 6 heterocycles. The van der Waals surface area contributed by atoms with Gasteiger partial charge in [0, 0.05) is 79.4 Å². The van der Waals surface area contributed by atoms with Gasteiger partial charge in [0.25, 0.3) is 0 Å². The number of carbonyl (C=O) groups is 2. The van der Waals surface area contributed by atoms with E-state index in [0.29, 0.717) is 36.8 Å². The molecule has 4 aliphatic rings. The maximum absolute atomic E-state index is 12.5. The molecule has 0 aliphatic carbocycles. The van der Waals surface area contributed by atoms with Crippen molar-refractivity contribution in [1.29, 1.82) is 0 Å². The second-order valence-corrected chi connectivity index (χ2v) is 12.0. The number of piperidine rings is 2. The predicted octanol–water partition coefficient (Wildman–Crippen LogP) is 5.42. The molecule has 0 saturated carbocycles. The highest BCUT2D eigenvalue weighted by molar-refractivity contribution is 6.04. The summed E-state index contributed by atoms with van der Waals surface area (Å²) in [6, 6.07) is 15.1. The number of aromatic carboxylic acids is 1. The van der Waals surface area contributed by atoms with Crippen LogP contribution in [0.2, 0.25) is 0 Å². The molecule has 8 rings (SSSR count). The van der Waals surface area contributed by atoms with Crippen LogP contribution in [0, 0.1) is 0 Å². The lowest BCUT2D eigenvalue weighted by atomic mass is 10.0. The molecule has 0 spiro atoms. The molecular formula is C34H42N4O5. The van der Waals surface area contributed by atoms with Crippen LogP contribution in [-0.4, -0.2) is 92.2 Å². The van der Waals surface area contributed by atoms with E-state index in [4.69, 9.17) is 18.1 Å². The Bertz CT molecular complexity index is 1760. The van der Waals surface area contributed by atoms with Gasteiger partial charge in [-0.3, -0.25) is 0 Å². The molecule has 6 atom stereocenters. The van der Waals surface area contributed by atoms with Gasteiger partial charge in [0.2, 0.25) is 0 Å². The van der Waals surface area contributed by atoms with Gasteiger partial charge < -0.3 is 34.7 Å². The number of carbonyl (C=O) groups excluding carboxylic acids is 1. The molecule has 4 aliphatic heterocycles. The van der Waals surface area contributed by atoms with E-state index in [1.54, 1.807) is 22.1 Å². The van der Waals surface area contributed by atoms with Gasteiger partial charge in [0.1, 0.15) is 6.10 Å². The molecule has 0 amide bonds. The molecule has 4 saturated heterocycles. The number of benzene rings is 2. The SMILES string of the molecule is O=C(O)c1c[nH]c2ccccc12.[2H]C([2H])([2H])N1[C@@H]2CC[C@H]1CC(O)C2.[2H]C([2H])([2H])N1[C@@H]2CC[C@H]1CC(OC(=O)c1c[nH]c3ccccc13)C2. The zero-order chi connectivity index (χ0) is 35.1. The van der Waals surface area contributed by atoms with Gasteiger partial charge in [0.15, 0.2) is 0 Å². The molecule has 4 fully saturated rings. The number of carboxylic acids is 1. The average molecular weight is 593 g/mol. The lowest BCUT2D eigenvalue weighted by Gasteiger charge is -2.35. The summed E-state index contributed by atoms with van der Waals surface area (Å²) in [5.74, 6) is -1.23. The molecule has 228 valence electrons. The number of rotatable bonds is 3. The first-order valence-electron chi connectivity index (χ1n) is 18.0. The number of aliphatic hydroxyl groups excluding tert-OH is 1. The summed E-state index contributed by atoms with van der Waals surface area (Å²) < 4.78 is 50.9. The average Bonchev–Trinajstić information content (AvgIpc) is 3.79. The van der Waals surface area contributed by atoms with E-state index in [1.165, 1.54) is 6.20 Å². The van der Waals surface area contributed by atoms with Crippen LogP contribution in [-0.2, 0) is 4.74 Å². The van der Waals surface area contributed by atoms with Crippen molar-refractivity contribution < 1.29 is 32.8 Å². The smallest absolute Gasteiger partial charge is 0.340 e. The number of carboxylic acid groups (broad SMARTS) is 1. The number of para-hydroxylation sites is 2. The molecule has 9 heteroatoms. The molecule has 4 bridgehead atoms. The Hall–Kier alpha value is -3.66. The van der Waals surface area contributed by atoms with Crippen molar-refractivity contribution >= 4 is 33.7 Å². The molecule has 2 aromatic carbocycles. The fourth-order valence-corrected chi connectivity index (χ4v) is 7.08. The van der Waals surface area contributed by atoms with E-state index in [0.717, 1.165) is 47.5 Å². The molecule has 4 N–H and O–H groups in total. The summed E-state index contributed by atoms with van der Waals surface area (Å²) in [6.45, 7) is -4.02. The minimum absolute atomic E-state index is 0.0166. The standard InChI is InChI=1S/C17H20N2O2.C9H7NO2.C8H15NO/c1-19-11-6-7-12(19)9-13(8-11)21-17(20)15-10-18-16-5-3-2-4-14(15)16;11-9(12)7-5-10-8-4-2-1-3-6(7)8;1-9-6-2-3-7(9)5-8(10)4-6/h2-5,10-13,18H,6-9H2,1H3;1-5,10H,(H,11,12);6-8,10H,2-5H2,1H3/t11-,12+,13?;;6-,7+,8?/i1D3;;1D3. The van der Waals surface area contributed by atoms with Crippen LogP contribution >= 0.6 is 0 Å². The van der Waals surface area contributed by atoms with Crippen LogP contribution in [0.15, 0.2) is 60.9 Å². The second kappa shape index (κ2) is 12.5. The maximum atomic E-state index is 12.5. The summed E-state index contributed by atoms with van der Waals surface area (Å²) >= 11 is 0. The van der Waals surface area contributed by atoms with Crippen LogP contribution in [0.3, 0.4) is 0 Å². The monoisotopic (exact) mass is 592 g/mol. The minimum Gasteiger partial charge on any atom is -0.478 e. The Labute approximate surface area is 260 Å². The Kier molecular flexibility index (Phi) is 6.64. The number of H-pyrrole nitrogens is 2. The summed E-state index contributed by atoms with van der Waals surface area (Å²) in [5, 5.41) is 19.8. The highest BCUT2D eigenvalue weighted by Crippen LogP contribution is 2.36. The molecule has 2 unspecified atom stereocenters. The van der Waals surface area contributed by atoms with E-state index in [-0.39, 0.29) is 42.3 Å². The second-order valence-electron chi connectivity index (χ2n) is 12.0. The zero-order valence-electron chi connectivity index (χ0n) is 29.9. The first-order chi connectivity index (χ1) is 23.2. The first kappa shape index (κ1) is 22.8. The summed E-state index contributed by atoms with van der Waals surface area (Å²) in [6.07, 6.45) is 8.76. The molecule has 9 nitrogen and oxygen atoms in total. The first-order valence-corrected chi connectivity index (χ1v) is 15.0.